The van der Waals surface area contributed by atoms with Crippen molar-refractivity contribution in [3.63, 3.8) is 0 Å². The first-order valence-corrected chi connectivity index (χ1v) is 8.94. The standard InChI is InChI=1S/C20H32O4/c1-5-9-11-17(7-3)15-23-19(21)13-14-20(22)24-16-18(8-4)12-10-6-2/h11-14H,5-10,15-16H2,1-4H3/b14-13+,17-11+,18-12+. The average molecular weight is 336 g/mol. The van der Waals surface area contributed by atoms with Gasteiger partial charge in [0.15, 0.2) is 0 Å². The summed E-state index contributed by atoms with van der Waals surface area (Å²) >= 11 is 0. The summed E-state index contributed by atoms with van der Waals surface area (Å²) in [5.41, 5.74) is 2.18. The van der Waals surface area contributed by atoms with E-state index >= 15 is 0 Å². The Labute approximate surface area is 146 Å². The summed E-state index contributed by atoms with van der Waals surface area (Å²) in [6.45, 7) is 8.81. The quantitative estimate of drug-likeness (QED) is 0.289. The molecule has 0 N–H and O–H groups in total. The van der Waals surface area contributed by atoms with Crippen LogP contribution in [0.3, 0.4) is 0 Å². The van der Waals surface area contributed by atoms with Crippen LogP contribution in [0.4, 0.5) is 0 Å². The van der Waals surface area contributed by atoms with Crippen LogP contribution in [0, 0.1) is 0 Å². The number of carbonyl (C=O) groups excluding carboxylic acids is 2. The number of rotatable bonds is 12. The Morgan fingerprint density at radius 3 is 1.38 bits per heavy atom. The highest BCUT2D eigenvalue weighted by molar-refractivity contribution is 5.91. The van der Waals surface area contributed by atoms with Gasteiger partial charge in [0.2, 0.25) is 0 Å². The zero-order valence-electron chi connectivity index (χ0n) is 15.6. The van der Waals surface area contributed by atoms with Gasteiger partial charge in [-0.05, 0) is 36.8 Å². The van der Waals surface area contributed by atoms with Crippen molar-refractivity contribution < 1.29 is 19.1 Å². The van der Waals surface area contributed by atoms with Gasteiger partial charge in [0.1, 0.15) is 13.2 Å². The maximum atomic E-state index is 11.6. The molecule has 0 aliphatic rings. The number of hydrogen-bond acceptors (Lipinski definition) is 4. The van der Waals surface area contributed by atoms with E-state index in [1.54, 1.807) is 0 Å². The first kappa shape index (κ1) is 22.2. The molecule has 0 aromatic rings. The zero-order valence-corrected chi connectivity index (χ0v) is 15.6. The minimum atomic E-state index is -0.528. The third kappa shape index (κ3) is 11.7. The first-order valence-electron chi connectivity index (χ1n) is 8.94. The Morgan fingerprint density at radius 1 is 0.708 bits per heavy atom. The number of carbonyl (C=O) groups is 2. The molecule has 136 valence electrons. The minimum absolute atomic E-state index is 0.272. The lowest BCUT2D eigenvalue weighted by Gasteiger charge is -2.06. The molecule has 0 atom stereocenters. The van der Waals surface area contributed by atoms with E-state index in [4.69, 9.17) is 9.47 Å². The molecule has 0 aromatic carbocycles. The van der Waals surface area contributed by atoms with Gasteiger partial charge in [-0.25, -0.2) is 9.59 Å². The van der Waals surface area contributed by atoms with Crippen molar-refractivity contribution >= 4 is 11.9 Å². The van der Waals surface area contributed by atoms with E-state index in [2.05, 4.69) is 26.0 Å². The summed E-state index contributed by atoms with van der Waals surface area (Å²) in [7, 11) is 0. The molecule has 0 aromatic heterocycles. The van der Waals surface area contributed by atoms with Crippen LogP contribution in [0.2, 0.25) is 0 Å². The van der Waals surface area contributed by atoms with Crippen LogP contribution in [0.1, 0.15) is 66.2 Å². The maximum Gasteiger partial charge on any atom is 0.331 e. The predicted octanol–water partition coefficient (Wildman–Crippen LogP) is 4.90. The summed E-state index contributed by atoms with van der Waals surface area (Å²) in [5.74, 6) is -1.06. The number of allylic oxidation sites excluding steroid dienone is 2. The maximum absolute atomic E-state index is 11.6. The second-order valence-electron chi connectivity index (χ2n) is 5.56. The molecule has 0 saturated carbocycles. The van der Waals surface area contributed by atoms with Crippen LogP contribution in [-0.2, 0) is 19.1 Å². The highest BCUT2D eigenvalue weighted by Gasteiger charge is 2.04. The summed E-state index contributed by atoms with van der Waals surface area (Å²) < 4.78 is 10.3. The van der Waals surface area contributed by atoms with Crippen LogP contribution < -0.4 is 0 Å². The Kier molecular flexibility index (Phi) is 13.6. The lowest BCUT2D eigenvalue weighted by Crippen LogP contribution is -2.08. The van der Waals surface area contributed by atoms with Crippen LogP contribution in [0.25, 0.3) is 0 Å². The molecule has 4 heteroatoms. The lowest BCUT2D eigenvalue weighted by atomic mass is 10.1. The third-order valence-electron chi connectivity index (χ3n) is 3.51. The second kappa shape index (κ2) is 14.7. The predicted molar refractivity (Wildman–Crippen MR) is 97.6 cm³/mol. The molecule has 0 unspecified atom stereocenters. The normalized spacial score (nSPS) is 12.5. The lowest BCUT2D eigenvalue weighted by molar-refractivity contribution is -0.139. The summed E-state index contributed by atoms with van der Waals surface area (Å²) in [6.07, 6.45) is 12.2. The van der Waals surface area contributed by atoms with Crippen molar-refractivity contribution in [1.29, 1.82) is 0 Å². The SMILES string of the molecule is CCC/C=C(\CC)COC(=O)/C=C/C(=O)OC/C(=C/CCC)CC. The van der Waals surface area contributed by atoms with Gasteiger partial charge in [-0.3, -0.25) is 0 Å². The second-order valence-corrected chi connectivity index (χ2v) is 5.56. The number of esters is 2. The smallest absolute Gasteiger partial charge is 0.331 e. The molecule has 0 rings (SSSR count). The number of hydrogen-bond donors (Lipinski definition) is 0. The van der Waals surface area contributed by atoms with Crippen LogP contribution in [-0.4, -0.2) is 25.2 Å². The van der Waals surface area contributed by atoms with Crippen molar-refractivity contribution in [3.8, 4) is 0 Å². The fourth-order valence-electron chi connectivity index (χ4n) is 1.87. The zero-order chi connectivity index (χ0) is 18.2. The topological polar surface area (TPSA) is 52.6 Å². The van der Waals surface area contributed by atoms with Gasteiger partial charge in [0, 0.05) is 12.2 Å². The van der Waals surface area contributed by atoms with Crippen molar-refractivity contribution in [3.05, 3.63) is 35.5 Å². The van der Waals surface area contributed by atoms with Crippen LogP contribution in [0.5, 0.6) is 0 Å². The summed E-state index contributed by atoms with van der Waals surface area (Å²) in [5, 5.41) is 0. The number of unbranched alkanes of at least 4 members (excludes halogenated alkanes) is 2. The molecule has 24 heavy (non-hydrogen) atoms. The molecule has 0 saturated heterocycles. The molecule has 0 aliphatic carbocycles. The van der Waals surface area contributed by atoms with Crippen LogP contribution in [0.15, 0.2) is 35.5 Å². The van der Waals surface area contributed by atoms with Crippen molar-refractivity contribution in [2.24, 2.45) is 0 Å². The Bertz CT molecular complexity index is 416. The minimum Gasteiger partial charge on any atom is -0.458 e. The molecule has 0 bridgehead atoms. The van der Waals surface area contributed by atoms with E-state index in [0.29, 0.717) is 0 Å². The molecule has 4 nitrogen and oxygen atoms in total. The molecule has 0 heterocycles. The Morgan fingerprint density at radius 2 is 1.08 bits per heavy atom. The molecular weight excluding hydrogens is 304 g/mol. The van der Waals surface area contributed by atoms with Crippen molar-refractivity contribution in [1.82, 2.24) is 0 Å². The van der Waals surface area contributed by atoms with Gasteiger partial charge < -0.3 is 9.47 Å². The fourth-order valence-corrected chi connectivity index (χ4v) is 1.87. The fraction of sp³-hybridized carbons (Fsp3) is 0.600. The monoisotopic (exact) mass is 336 g/mol. The van der Waals surface area contributed by atoms with E-state index in [1.807, 2.05) is 13.8 Å². The van der Waals surface area contributed by atoms with E-state index in [9.17, 15) is 9.59 Å². The highest BCUT2D eigenvalue weighted by Crippen LogP contribution is 2.06. The van der Waals surface area contributed by atoms with Gasteiger partial charge in [-0.2, -0.15) is 0 Å². The van der Waals surface area contributed by atoms with E-state index in [-0.39, 0.29) is 13.2 Å². The summed E-state index contributed by atoms with van der Waals surface area (Å²) in [6, 6.07) is 0. The molecule has 0 amide bonds. The Hall–Kier alpha value is -1.84. The first-order chi connectivity index (χ1) is 11.6. The molecular formula is C20H32O4. The van der Waals surface area contributed by atoms with Crippen LogP contribution >= 0.6 is 0 Å². The average Bonchev–Trinajstić information content (AvgIpc) is 2.60. The molecule has 0 radical (unpaired) electrons. The largest absolute Gasteiger partial charge is 0.458 e. The van der Waals surface area contributed by atoms with Gasteiger partial charge in [0.05, 0.1) is 0 Å². The van der Waals surface area contributed by atoms with E-state index < -0.39 is 11.9 Å². The van der Waals surface area contributed by atoms with Gasteiger partial charge in [0.25, 0.3) is 0 Å². The molecule has 0 fully saturated rings. The van der Waals surface area contributed by atoms with Crippen molar-refractivity contribution in [2.75, 3.05) is 13.2 Å². The van der Waals surface area contributed by atoms with E-state index in [0.717, 1.165) is 61.8 Å². The third-order valence-corrected chi connectivity index (χ3v) is 3.51. The van der Waals surface area contributed by atoms with Crippen molar-refractivity contribution in [2.45, 2.75) is 66.2 Å². The Balaban J connectivity index is 4.22. The van der Waals surface area contributed by atoms with Gasteiger partial charge >= 0.3 is 11.9 Å². The van der Waals surface area contributed by atoms with Gasteiger partial charge in [-0.15, -0.1) is 0 Å². The van der Waals surface area contributed by atoms with Gasteiger partial charge in [-0.1, -0.05) is 52.7 Å². The van der Waals surface area contributed by atoms with E-state index in [1.165, 1.54) is 0 Å². The summed E-state index contributed by atoms with van der Waals surface area (Å²) in [4.78, 5) is 23.2. The molecule has 0 spiro atoms. The number of ether oxygens (including phenoxy) is 2. The molecule has 0 aliphatic heterocycles. The highest BCUT2D eigenvalue weighted by atomic mass is 16.5.